The monoisotopic (exact) mass is 304 g/mol. The van der Waals surface area contributed by atoms with Crippen LogP contribution >= 0.6 is 0 Å². The van der Waals surface area contributed by atoms with E-state index in [-0.39, 0.29) is 0 Å². The summed E-state index contributed by atoms with van der Waals surface area (Å²) in [7, 11) is 0. The Balaban J connectivity index is 2.03. The maximum Gasteiger partial charge on any atom is 0.129 e. The first-order valence-corrected chi connectivity index (χ1v) is 8.82. The van der Waals surface area contributed by atoms with Gasteiger partial charge in [0.2, 0.25) is 0 Å². The average molecular weight is 304 g/mol. The maximum atomic E-state index is 10.8. The van der Waals surface area contributed by atoms with E-state index in [4.69, 9.17) is 4.74 Å². The van der Waals surface area contributed by atoms with Crippen LogP contribution in [-0.2, 0) is 4.79 Å². The molecule has 1 rings (SSSR count). The summed E-state index contributed by atoms with van der Waals surface area (Å²) in [6.45, 7) is 6.90. The topological polar surface area (TPSA) is 26.3 Å². The molecule has 1 aromatic rings. The molecule has 0 aliphatic carbocycles. The van der Waals surface area contributed by atoms with E-state index in [2.05, 4.69) is 32.0 Å². The molecule has 0 saturated heterocycles. The predicted octanol–water partition coefficient (Wildman–Crippen LogP) is 5.90. The molecule has 0 unspecified atom stereocenters. The smallest absolute Gasteiger partial charge is 0.129 e. The highest BCUT2D eigenvalue weighted by molar-refractivity contribution is 5.75. The molecule has 2 heteroatoms. The molecule has 0 saturated carbocycles. The van der Waals surface area contributed by atoms with E-state index in [9.17, 15) is 4.79 Å². The molecule has 1 aromatic carbocycles. The van der Waals surface area contributed by atoms with Gasteiger partial charge in [-0.25, -0.2) is 0 Å². The zero-order chi connectivity index (χ0) is 16.2. The quantitative estimate of drug-likeness (QED) is 0.449. The molecular weight excluding hydrogens is 272 g/mol. The van der Waals surface area contributed by atoms with E-state index < -0.39 is 0 Å². The molecule has 0 amide bonds. The zero-order valence-electron chi connectivity index (χ0n) is 14.6. The minimum absolute atomic E-state index is 0.318. The van der Waals surface area contributed by atoms with Crippen molar-refractivity contribution >= 4 is 5.78 Å². The van der Waals surface area contributed by atoms with Crippen LogP contribution in [0.2, 0.25) is 0 Å². The average Bonchev–Trinajstić information content (AvgIpc) is 2.49. The molecule has 0 aliphatic heterocycles. The minimum Gasteiger partial charge on any atom is -0.493 e. The van der Waals surface area contributed by atoms with Crippen LogP contribution in [0.3, 0.4) is 0 Å². The van der Waals surface area contributed by atoms with E-state index >= 15 is 0 Å². The van der Waals surface area contributed by atoms with Gasteiger partial charge in [-0.05, 0) is 37.3 Å². The second-order valence-corrected chi connectivity index (χ2v) is 6.47. The Hall–Kier alpha value is -1.31. The number of hydrogen-bond donors (Lipinski definition) is 0. The van der Waals surface area contributed by atoms with Crippen molar-refractivity contribution in [1.82, 2.24) is 0 Å². The number of hydrogen-bond acceptors (Lipinski definition) is 2. The fourth-order valence-electron chi connectivity index (χ4n) is 2.63. The van der Waals surface area contributed by atoms with Gasteiger partial charge in [0.1, 0.15) is 11.5 Å². The third-order valence-corrected chi connectivity index (χ3v) is 3.97. The molecule has 0 fully saturated rings. The molecule has 2 nitrogen and oxygen atoms in total. The number of unbranched alkanes of at least 4 members (excludes halogenated alkanes) is 6. The van der Waals surface area contributed by atoms with Gasteiger partial charge >= 0.3 is 0 Å². The highest BCUT2D eigenvalue weighted by Gasteiger charge is 2.06. The van der Waals surface area contributed by atoms with Crippen LogP contribution in [0.4, 0.5) is 0 Å². The van der Waals surface area contributed by atoms with Crippen LogP contribution < -0.4 is 4.74 Å². The van der Waals surface area contributed by atoms with Crippen LogP contribution in [0.25, 0.3) is 0 Å². The lowest BCUT2D eigenvalue weighted by atomic mass is 10.0. The highest BCUT2D eigenvalue weighted by atomic mass is 16.5. The molecule has 124 valence electrons. The van der Waals surface area contributed by atoms with Crippen LogP contribution in [-0.4, -0.2) is 12.4 Å². The third-order valence-electron chi connectivity index (χ3n) is 3.97. The number of carbonyl (C=O) groups is 1. The van der Waals surface area contributed by atoms with Gasteiger partial charge in [-0.3, -0.25) is 0 Å². The fourth-order valence-corrected chi connectivity index (χ4v) is 2.63. The molecule has 0 bridgehead atoms. The largest absolute Gasteiger partial charge is 0.493 e. The Kier molecular flexibility index (Phi) is 9.61. The molecule has 0 atom stereocenters. The Morgan fingerprint density at radius 3 is 2.18 bits per heavy atom. The number of Topliss-reactive ketones (excluding diaryl/α,β-unsaturated/α-hetero) is 1. The first-order valence-electron chi connectivity index (χ1n) is 8.82. The standard InChI is InChI=1S/C20H32O2/c1-17(2)19-14-10-11-15-20(19)22-16-12-8-6-4-5-7-9-13-18(3)21/h10-11,14-15,17H,4-9,12-13,16H2,1-3H3. The van der Waals surface area contributed by atoms with Crippen LogP contribution in [0.5, 0.6) is 5.75 Å². The summed E-state index contributed by atoms with van der Waals surface area (Å²) in [6.07, 6.45) is 9.17. The van der Waals surface area contributed by atoms with Gasteiger partial charge in [0.25, 0.3) is 0 Å². The summed E-state index contributed by atoms with van der Waals surface area (Å²) in [5, 5.41) is 0. The van der Waals surface area contributed by atoms with Gasteiger partial charge < -0.3 is 9.53 Å². The maximum absolute atomic E-state index is 10.8. The summed E-state index contributed by atoms with van der Waals surface area (Å²) in [6, 6.07) is 8.35. The molecule has 0 aromatic heterocycles. The van der Waals surface area contributed by atoms with Crippen molar-refractivity contribution in [2.24, 2.45) is 0 Å². The van der Waals surface area contributed by atoms with Crippen molar-refractivity contribution in [1.29, 1.82) is 0 Å². The van der Waals surface area contributed by atoms with Gasteiger partial charge in [-0.1, -0.05) is 64.2 Å². The number of para-hydroxylation sites is 1. The molecular formula is C20H32O2. The van der Waals surface area contributed by atoms with E-state index in [1.165, 1.54) is 37.7 Å². The van der Waals surface area contributed by atoms with Gasteiger partial charge in [-0.15, -0.1) is 0 Å². The van der Waals surface area contributed by atoms with Gasteiger partial charge in [0.05, 0.1) is 6.61 Å². The molecule has 0 radical (unpaired) electrons. The van der Waals surface area contributed by atoms with Crippen LogP contribution in [0, 0.1) is 0 Å². The zero-order valence-corrected chi connectivity index (χ0v) is 14.6. The SMILES string of the molecule is CC(=O)CCCCCCCCCOc1ccccc1C(C)C. The lowest BCUT2D eigenvalue weighted by Gasteiger charge is -2.13. The van der Waals surface area contributed by atoms with Crippen LogP contribution in [0.15, 0.2) is 24.3 Å². The summed E-state index contributed by atoms with van der Waals surface area (Å²) >= 11 is 0. The summed E-state index contributed by atoms with van der Waals surface area (Å²) in [5.41, 5.74) is 1.30. The molecule has 0 N–H and O–H groups in total. The lowest BCUT2D eigenvalue weighted by Crippen LogP contribution is -2.01. The van der Waals surface area contributed by atoms with E-state index in [1.54, 1.807) is 6.92 Å². The Morgan fingerprint density at radius 2 is 1.55 bits per heavy atom. The number of carbonyl (C=O) groups excluding carboxylic acids is 1. The normalized spacial score (nSPS) is 10.9. The number of ketones is 1. The van der Waals surface area contributed by atoms with E-state index in [1.807, 2.05) is 6.07 Å². The minimum atomic E-state index is 0.318. The number of benzene rings is 1. The summed E-state index contributed by atoms with van der Waals surface area (Å²) in [4.78, 5) is 10.8. The number of ether oxygens (including phenoxy) is 1. The lowest BCUT2D eigenvalue weighted by molar-refractivity contribution is -0.117. The van der Waals surface area contributed by atoms with Crippen molar-refractivity contribution < 1.29 is 9.53 Å². The number of rotatable bonds is 12. The molecule has 0 aliphatic rings. The summed E-state index contributed by atoms with van der Waals surface area (Å²) in [5.74, 6) is 1.87. The second kappa shape index (κ2) is 11.3. The first kappa shape index (κ1) is 18.7. The van der Waals surface area contributed by atoms with Crippen molar-refractivity contribution in [3.63, 3.8) is 0 Å². The van der Waals surface area contributed by atoms with Crippen molar-refractivity contribution in [3.8, 4) is 5.75 Å². The van der Waals surface area contributed by atoms with Crippen LogP contribution in [0.1, 0.15) is 83.6 Å². The van der Waals surface area contributed by atoms with E-state index in [0.717, 1.165) is 31.6 Å². The Labute approximate surface area is 136 Å². The van der Waals surface area contributed by atoms with Gasteiger partial charge in [0.15, 0.2) is 0 Å². The Bertz CT molecular complexity index is 423. The van der Waals surface area contributed by atoms with E-state index in [0.29, 0.717) is 11.7 Å². The first-order chi connectivity index (χ1) is 10.6. The second-order valence-electron chi connectivity index (χ2n) is 6.47. The molecule has 0 spiro atoms. The Morgan fingerprint density at radius 1 is 0.955 bits per heavy atom. The molecule has 0 heterocycles. The predicted molar refractivity (Wildman–Crippen MR) is 93.6 cm³/mol. The summed E-state index contributed by atoms with van der Waals surface area (Å²) < 4.78 is 5.93. The fraction of sp³-hybridized carbons (Fsp3) is 0.650. The highest BCUT2D eigenvalue weighted by Crippen LogP contribution is 2.26. The van der Waals surface area contributed by atoms with Gasteiger partial charge in [0, 0.05) is 6.42 Å². The van der Waals surface area contributed by atoms with Crippen molar-refractivity contribution in [3.05, 3.63) is 29.8 Å². The third kappa shape index (κ3) is 8.21. The van der Waals surface area contributed by atoms with Crippen molar-refractivity contribution in [2.45, 2.75) is 78.1 Å². The molecule has 22 heavy (non-hydrogen) atoms. The van der Waals surface area contributed by atoms with Gasteiger partial charge in [-0.2, -0.15) is 0 Å². The van der Waals surface area contributed by atoms with Crippen molar-refractivity contribution in [2.75, 3.05) is 6.61 Å².